The van der Waals surface area contributed by atoms with Crippen LogP contribution in [-0.2, 0) is 0 Å². The van der Waals surface area contributed by atoms with Crippen molar-refractivity contribution in [2.24, 2.45) is 11.7 Å². The number of thiophene rings is 1. The highest BCUT2D eigenvalue weighted by Gasteiger charge is 2.25. The lowest BCUT2D eigenvalue weighted by atomic mass is 9.94. The van der Waals surface area contributed by atoms with Crippen LogP contribution in [0.3, 0.4) is 0 Å². The van der Waals surface area contributed by atoms with Gasteiger partial charge in [-0.1, -0.05) is 24.2 Å². The van der Waals surface area contributed by atoms with Gasteiger partial charge in [-0.3, -0.25) is 10.1 Å². The minimum atomic E-state index is -0.352. The van der Waals surface area contributed by atoms with Gasteiger partial charge in [0.05, 0.1) is 4.92 Å². The lowest BCUT2D eigenvalue weighted by Crippen LogP contribution is -2.18. The third-order valence-electron chi connectivity index (χ3n) is 3.08. The van der Waals surface area contributed by atoms with Gasteiger partial charge in [0, 0.05) is 17.5 Å². The number of hydrogen-bond donors (Lipinski definition) is 1. The molecule has 1 aliphatic rings. The highest BCUT2D eigenvalue weighted by atomic mass is 32.1. The maximum atomic E-state index is 10.5. The Morgan fingerprint density at radius 3 is 2.73 bits per heavy atom. The highest BCUT2D eigenvalue weighted by molar-refractivity contribution is 7.13. The van der Waals surface area contributed by atoms with Crippen LogP contribution in [0, 0.1) is 16.0 Å². The van der Waals surface area contributed by atoms with Gasteiger partial charge in [-0.2, -0.15) is 0 Å². The molecule has 0 aliphatic heterocycles. The van der Waals surface area contributed by atoms with E-state index in [1.54, 1.807) is 6.07 Å². The van der Waals surface area contributed by atoms with Crippen molar-refractivity contribution >= 4 is 16.3 Å². The smallest absolute Gasteiger partial charge is 0.324 e. The standard InChI is InChI=1S/C10H14N2O2S/c11-10(7-3-1-2-4-7)8-5-9(12(13)14)15-6-8/h5-7,10H,1-4,11H2/t10-/m1/s1. The number of nitro groups is 1. The monoisotopic (exact) mass is 226 g/mol. The van der Waals surface area contributed by atoms with Crippen molar-refractivity contribution in [3.63, 3.8) is 0 Å². The van der Waals surface area contributed by atoms with E-state index >= 15 is 0 Å². The fourth-order valence-electron chi connectivity index (χ4n) is 2.20. The fourth-order valence-corrected chi connectivity index (χ4v) is 2.97. The van der Waals surface area contributed by atoms with Gasteiger partial charge >= 0.3 is 5.00 Å². The summed E-state index contributed by atoms with van der Waals surface area (Å²) in [5.41, 5.74) is 7.03. The summed E-state index contributed by atoms with van der Waals surface area (Å²) in [7, 11) is 0. The first-order valence-electron chi connectivity index (χ1n) is 5.17. The maximum absolute atomic E-state index is 10.5. The number of nitrogens with two attached hydrogens (primary N) is 1. The van der Waals surface area contributed by atoms with Gasteiger partial charge in [0.25, 0.3) is 0 Å². The first kappa shape index (κ1) is 10.6. The Labute approximate surface area is 92.2 Å². The van der Waals surface area contributed by atoms with Gasteiger partial charge in [0.1, 0.15) is 0 Å². The molecule has 1 atom stereocenters. The second kappa shape index (κ2) is 4.28. The van der Waals surface area contributed by atoms with Gasteiger partial charge in [0.15, 0.2) is 0 Å². The molecule has 0 saturated heterocycles. The Bertz CT molecular complexity index is 358. The van der Waals surface area contributed by atoms with Crippen molar-refractivity contribution in [3.05, 3.63) is 27.1 Å². The molecule has 2 N–H and O–H groups in total. The summed E-state index contributed by atoms with van der Waals surface area (Å²) in [6.07, 6.45) is 4.80. The fraction of sp³-hybridized carbons (Fsp3) is 0.600. The molecular weight excluding hydrogens is 212 g/mol. The average molecular weight is 226 g/mol. The van der Waals surface area contributed by atoms with Crippen molar-refractivity contribution in [2.75, 3.05) is 0 Å². The summed E-state index contributed by atoms with van der Waals surface area (Å²) in [5, 5.41) is 12.5. The van der Waals surface area contributed by atoms with Crippen molar-refractivity contribution in [2.45, 2.75) is 31.7 Å². The van der Waals surface area contributed by atoms with Gasteiger partial charge in [-0.05, 0) is 24.3 Å². The molecule has 2 rings (SSSR count). The molecule has 4 nitrogen and oxygen atoms in total. The molecule has 82 valence electrons. The zero-order valence-electron chi connectivity index (χ0n) is 8.39. The van der Waals surface area contributed by atoms with Crippen molar-refractivity contribution in [3.8, 4) is 0 Å². The molecule has 1 aliphatic carbocycles. The van der Waals surface area contributed by atoms with Crippen LogP contribution in [-0.4, -0.2) is 4.92 Å². The Balaban J connectivity index is 2.10. The SMILES string of the molecule is N[C@@H](c1csc([N+](=O)[O-])c1)C1CCCC1. The highest BCUT2D eigenvalue weighted by Crippen LogP contribution is 2.36. The van der Waals surface area contributed by atoms with E-state index in [2.05, 4.69) is 0 Å². The van der Waals surface area contributed by atoms with Crippen LogP contribution in [0.4, 0.5) is 5.00 Å². The molecule has 0 bridgehead atoms. The predicted octanol–water partition coefficient (Wildman–Crippen LogP) is 2.85. The van der Waals surface area contributed by atoms with E-state index < -0.39 is 0 Å². The minimum Gasteiger partial charge on any atom is -0.324 e. The molecule has 15 heavy (non-hydrogen) atoms. The van der Waals surface area contributed by atoms with Crippen LogP contribution < -0.4 is 5.73 Å². The van der Waals surface area contributed by atoms with Gasteiger partial charge < -0.3 is 5.73 Å². The Hall–Kier alpha value is -0.940. The molecule has 0 amide bonds. The average Bonchev–Trinajstić information content (AvgIpc) is 2.88. The summed E-state index contributed by atoms with van der Waals surface area (Å²) in [6.45, 7) is 0. The van der Waals surface area contributed by atoms with Crippen LogP contribution in [0.5, 0.6) is 0 Å². The molecule has 1 fully saturated rings. The van der Waals surface area contributed by atoms with E-state index in [9.17, 15) is 10.1 Å². The van der Waals surface area contributed by atoms with E-state index in [1.165, 1.54) is 24.2 Å². The minimum absolute atomic E-state index is 0.0163. The van der Waals surface area contributed by atoms with Crippen molar-refractivity contribution < 1.29 is 4.92 Å². The molecule has 1 aromatic rings. The third kappa shape index (κ3) is 2.18. The first-order chi connectivity index (χ1) is 7.18. The quantitative estimate of drug-likeness (QED) is 0.636. The van der Waals surface area contributed by atoms with E-state index in [0.717, 1.165) is 18.4 Å². The van der Waals surface area contributed by atoms with Crippen LogP contribution in [0.15, 0.2) is 11.4 Å². The molecule has 0 radical (unpaired) electrons. The zero-order valence-corrected chi connectivity index (χ0v) is 9.20. The van der Waals surface area contributed by atoms with Gasteiger partial charge in [-0.25, -0.2) is 0 Å². The molecular formula is C10H14N2O2S. The van der Waals surface area contributed by atoms with Crippen LogP contribution in [0.25, 0.3) is 0 Å². The van der Waals surface area contributed by atoms with E-state index in [-0.39, 0.29) is 16.0 Å². The second-order valence-corrected chi connectivity index (χ2v) is 4.94. The molecule has 0 aromatic carbocycles. The summed E-state index contributed by atoms with van der Waals surface area (Å²) in [5.74, 6) is 0.513. The topological polar surface area (TPSA) is 69.2 Å². The van der Waals surface area contributed by atoms with Crippen molar-refractivity contribution in [1.82, 2.24) is 0 Å². The zero-order chi connectivity index (χ0) is 10.8. The lowest BCUT2D eigenvalue weighted by Gasteiger charge is -2.16. The van der Waals surface area contributed by atoms with Crippen LogP contribution in [0.2, 0.25) is 0 Å². The van der Waals surface area contributed by atoms with Crippen LogP contribution in [0.1, 0.15) is 37.3 Å². The summed E-state index contributed by atoms with van der Waals surface area (Å²) in [6, 6.07) is 1.60. The lowest BCUT2D eigenvalue weighted by molar-refractivity contribution is -0.380. The Morgan fingerprint density at radius 1 is 1.53 bits per heavy atom. The predicted molar refractivity (Wildman–Crippen MR) is 59.9 cm³/mol. The normalized spacial score (nSPS) is 19.3. The maximum Gasteiger partial charge on any atom is 0.324 e. The molecule has 0 spiro atoms. The third-order valence-corrected chi connectivity index (χ3v) is 3.98. The summed E-state index contributed by atoms with van der Waals surface area (Å²) >= 11 is 1.17. The van der Waals surface area contributed by atoms with E-state index in [0.29, 0.717) is 5.92 Å². The van der Waals surface area contributed by atoms with Crippen molar-refractivity contribution in [1.29, 1.82) is 0 Å². The largest absolute Gasteiger partial charge is 0.324 e. The number of hydrogen-bond acceptors (Lipinski definition) is 4. The molecule has 0 unspecified atom stereocenters. The Kier molecular flexibility index (Phi) is 3.02. The Morgan fingerprint density at radius 2 is 2.20 bits per heavy atom. The second-order valence-electron chi connectivity index (χ2n) is 4.05. The number of rotatable bonds is 3. The van der Waals surface area contributed by atoms with Gasteiger partial charge in [-0.15, -0.1) is 0 Å². The first-order valence-corrected chi connectivity index (χ1v) is 6.05. The van der Waals surface area contributed by atoms with Crippen LogP contribution >= 0.6 is 11.3 Å². The van der Waals surface area contributed by atoms with E-state index in [4.69, 9.17) is 5.73 Å². The van der Waals surface area contributed by atoms with Gasteiger partial charge in [0.2, 0.25) is 0 Å². The summed E-state index contributed by atoms with van der Waals surface area (Å²) < 4.78 is 0. The molecule has 5 heteroatoms. The molecule has 1 aromatic heterocycles. The molecule has 1 heterocycles. The number of nitrogens with zero attached hydrogens (tertiary/aromatic N) is 1. The molecule has 1 saturated carbocycles. The van der Waals surface area contributed by atoms with E-state index in [1.807, 2.05) is 5.38 Å². The summed E-state index contributed by atoms with van der Waals surface area (Å²) in [4.78, 5) is 10.2.